The molecular weight excluding hydrogens is 343 g/mol. The average molecular weight is 366 g/mol. The number of rotatable bonds is 7. The van der Waals surface area contributed by atoms with Crippen molar-refractivity contribution >= 4 is 30.5 Å². The Morgan fingerprint density at radius 1 is 0.963 bits per heavy atom. The minimum Gasteiger partial charge on any atom is -0.362 e. The summed E-state index contributed by atoms with van der Waals surface area (Å²) in [4.78, 5) is 28.6. The SMILES string of the molecule is CC(C)c1nc(N(C)C)c(/C=C/C=O)c(-c2ccc(F)cc2)c1/C=C/C=O. The predicted molar refractivity (Wildman–Crippen MR) is 108 cm³/mol. The van der Waals surface area contributed by atoms with Crippen LogP contribution in [0.5, 0.6) is 0 Å². The molecule has 5 heteroatoms. The maximum atomic E-state index is 13.5. The molecule has 0 fully saturated rings. The van der Waals surface area contributed by atoms with Gasteiger partial charge >= 0.3 is 0 Å². The summed E-state index contributed by atoms with van der Waals surface area (Å²) in [7, 11) is 3.75. The van der Waals surface area contributed by atoms with E-state index in [1.807, 2.05) is 32.8 Å². The lowest BCUT2D eigenvalue weighted by Crippen LogP contribution is -2.16. The van der Waals surface area contributed by atoms with E-state index in [4.69, 9.17) is 4.98 Å². The van der Waals surface area contributed by atoms with E-state index in [2.05, 4.69) is 0 Å². The summed E-state index contributed by atoms with van der Waals surface area (Å²) < 4.78 is 13.5. The lowest BCUT2D eigenvalue weighted by atomic mass is 9.89. The van der Waals surface area contributed by atoms with Crippen LogP contribution in [0.3, 0.4) is 0 Å². The number of nitrogens with zero attached hydrogens (tertiary/aromatic N) is 2. The van der Waals surface area contributed by atoms with Gasteiger partial charge in [0.25, 0.3) is 0 Å². The normalized spacial score (nSPS) is 11.5. The van der Waals surface area contributed by atoms with Crippen molar-refractivity contribution in [3.63, 3.8) is 0 Å². The van der Waals surface area contributed by atoms with Crippen LogP contribution in [0, 0.1) is 5.82 Å². The number of aromatic nitrogens is 1. The molecule has 0 aliphatic rings. The highest BCUT2D eigenvalue weighted by molar-refractivity contribution is 5.92. The molecule has 0 saturated carbocycles. The highest BCUT2D eigenvalue weighted by Gasteiger charge is 2.21. The van der Waals surface area contributed by atoms with Crippen LogP contribution in [0.2, 0.25) is 0 Å². The fraction of sp³-hybridized carbons (Fsp3) is 0.227. The van der Waals surface area contributed by atoms with Gasteiger partial charge in [-0.2, -0.15) is 0 Å². The van der Waals surface area contributed by atoms with Crippen LogP contribution in [0.1, 0.15) is 36.6 Å². The number of hydrogen-bond donors (Lipinski definition) is 0. The predicted octanol–water partition coefficient (Wildman–Crippen LogP) is 4.50. The number of allylic oxidation sites excluding steroid dienone is 2. The number of carbonyl (C=O) groups is 2. The lowest BCUT2D eigenvalue weighted by molar-refractivity contribution is -0.104. The molecular formula is C22H23FN2O2. The molecule has 0 N–H and O–H groups in total. The molecule has 1 heterocycles. The van der Waals surface area contributed by atoms with E-state index < -0.39 is 0 Å². The maximum Gasteiger partial charge on any atom is 0.142 e. The Balaban J connectivity index is 3.00. The Bertz CT molecular complexity index is 834. The summed E-state index contributed by atoms with van der Waals surface area (Å²) in [6, 6.07) is 6.15. The molecule has 2 rings (SSSR count). The third kappa shape index (κ3) is 4.56. The summed E-state index contributed by atoms with van der Waals surface area (Å²) in [5.41, 5.74) is 3.90. The summed E-state index contributed by atoms with van der Waals surface area (Å²) >= 11 is 0. The van der Waals surface area contributed by atoms with Crippen LogP contribution >= 0.6 is 0 Å². The van der Waals surface area contributed by atoms with E-state index in [-0.39, 0.29) is 11.7 Å². The number of carbonyl (C=O) groups excluding carboxylic acids is 2. The Morgan fingerprint density at radius 3 is 2.00 bits per heavy atom. The van der Waals surface area contributed by atoms with Crippen molar-refractivity contribution in [1.29, 1.82) is 0 Å². The van der Waals surface area contributed by atoms with E-state index in [1.54, 1.807) is 24.3 Å². The van der Waals surface area contributed by atoms with Crippen LogP contribution in [-0.2, 0) is 9.59 Å². The van der Waals surface area contributed by atoms with E-state index in [1.165, 1.54) is 24.3 Å². The van der Waals surface area contributed by atoms with Gasteiger partial charge < -0.3 is 4.90 Å². The van der Waals surface area contributed by atoms with E-state index in [0.717, 1.165) is 27.9 Å². The van der Waals surface area contributed by atoms with E-state index in [0.29, 0.717) is 18.4 Å². The Hall–Kier alpha value is -3.08. The topological polar surface area (TPSA) is 50.3 Å². The first-order valence-electron chi connectivity index (χ1n) is 8.65. The standard InChI is InChI=1S/C22H23FN2O2/c1-15(2)21-18(7-5-13-26)20(16-9-11-17(23)12-10-16)19(8-6-14-27)22(24-21)25(3)4/h5-15H,1-4H3/b7-5+,8-6+. The van der Waals surface area contributed by atoms with Gasteiger partial charge in [-0.05, 0) is 47.9 Å². The van der Waals surface area contributed by atoms with Crippen molar-refractivity contribution < 1.29 is 14.0 Å². The molecule has 140 valence electrons. The smallest absolute Gasteiger partial charge is 0.142 e. The fourth-order valence-electron chi connectivity index (χ4n) is 2.93. The van der Waals surface area contributed by atoms with Crippen LogP contribution in [0.15, 0.2) is 36.4 Å². The highest BCUT2D eigenvalue weighted by atomic mass is 19.1. The molecule has 0 radical (unpaired) electrons. The quantitative estimate of drug-likeness (QED) is 0.535. The number of anilines is 1. The molecule has 0 amide bonds. The summed E-state index contributed by atoms with van der Waals surface area (Å²) in [6.45, 7) is 4.05. The van der Waals surface area contributed by atoms with Gasteiger partial charge in [0.2, 0.25) is 0 Å². The molecule has 2 aromatic rings. The van der Waals surface area contributed by atoms with Gasteiger partial charge in [0, 0.05) is 30.8 Å². The monoisotopic (exact) mass is 366 g/mol. The van der Waals surface area contributed by atoms with Crippen molar-refractivity contribution in [1.82, 2.24) is 4.98 Å². The molecule has 0 aliphatic heterocycles. The Morgan fingerprint density at radius 2 is 1.52 bits per heavy atom. The molecule has 1 aromatic carbocycles. The van der Waals surface area contributed by atoms with Gasteiger partial charge in [-0.3, -0.25) is 9.59 Å². The molecule has 27 heavy (non-hydrogen) atoms. The Kier molecular flexibility index (Phi) is 6.77. The molecule has 0 aliphatic carbocycles. The summed E-state index contributed by atoms with van der Waals surface area (Å²) in [5.74, 6) is 0.456. The van der Waals surface area contributed by atoms with Gasteiger partial charge in [-0.15, -0.1) is 0 Å². The van der Waals surface area contributed by atoms with Gasteiger partial charge in [0.05, 0.1) is 5.69 Å². The second kappa shape index (κ2) is 9.03. The van der Waals surface area contributed by atoms with Gasteiger partial charge in [-0.1, -0.05) is 26.0 Å². The second-order valence-corrected chi connectivity index (χ2v) is 6.57. The summed E-state index contributed by atoms with van der Waals surface area (Å²) in [5, 5.41) is 0. The van der Waals surface area contributed by atoms with Gasteiger partial charge in [0.1, 0.15) is 24.2 Å². The van der Waals surface area contributed by atoms with Crippen LogP contribution < -0.4 is 4.90 Å². The number of aldehydes is 2. The number of hydrogen-bond acceptors (Lipinski definition) is 4. The Labute approximate surface area is 159 Å². The van der Waals surface area contributed by atoms with E-state index >= 15 is 0 Å². The molecule has 0 atom stereocenters. The zero-order valence-corrected chi connectivity index (χ0v) is 15.9. The van der Waals surface area contributed by atoms with Crippen LogP contribution in [0.4, 0.5) is 10.2 Å². The maximum absolute atomic E-state index is 13.5. The van der Waals surface area contributed by atoms with Crippen LogP contribution in [0.25, 0.3) is 23.3 Å². The third-order valence-corrected chi connectivity index (χ3v) is 4.07. The molecule has 0 unspecified atom stereocenters. The molecule has 0 bridgehead atoms. The fourth-order valence-corrected chi connectivity index (χ4v) is 2.93. The molecule has 0 spiro atoms. The first kappa shape index (κ1) is 20.2. The second-order valence-electron chi connectivity index (χ2n) is 6.57. The molecule has 4 nitrogen and oxygen atoms in total. The first-order chi connectivity index (χ1) is 12.9. The highest BCUT2D eigenvalue weighted by Crippen LogP contribution is 2.38. The number of halogens is 1. The van der Waals surface area contributed by atoms with Crippen molar-refractivity contribution in [3.05, 3.63) is 59.1 Å². The van der Waals surface area contributed by atoms with Crippen molar-refractivity contribution in [2.75, 3.05) is 19.0 Å². The summed E-state index contributed by atoms with van der Waals surface area (Å²) in [6.07, 6.45) is 7.63. The van der Waals surface area contributed by atoms with Crippen molar-refractivity contribution in [3.8, 4) is 11.1 Å². The average Bonchev–Trinajstić information content (AvgIpc) is 2.64. The van der Waals surface area contributed by atoms with E-state index in [9.17, 15) is 14.0 Å². The van der Waals surface area contributed by atoms with Crippen molar-refractivity contribution in [2.24, 2.45) is 0 Å². The molecule has 1 aromatic heterocycles. The first-order valence-corrected chi connectivity index (χ1v) is 8.65. The third-order valence-electron chi connectivity index (χ3n) is 4.07. The van der Waals surface area contributed by atoms with Crippen LogP contribution in [-0.4, -0.2) is 31.7 Å². The molecule has 0 saturated heterocycles. The van der Waals surface area contributed by atoms with Gasteiger partial charge in [0.15, 0.2) is 0 Å². The lowest BCUT2D eigenvalue weighted by Gasteiger charge is -2.24. The minimum atomic E-state index is -0.334. The zero-order valence-electron chi connectivity index (χ0n) is 15.9. The number of pyridine rings is 1. The van der Waals surface area contributed by atoms with Crippen molar-refractivity contribution in [2.45, 2.75) is 19.8 Å². The zero-order chi connectivity index (χ0) is 20.0. The largest absolute Gasteiger partial charge is 0.362 e. The minimum absolute atomic E-state index is 0.0956. The van der Waals surface area contributed by atoms with Gasteiger partial charge in [-0.25, -0.2) is 9.37 Å². The number of benzene rings is 1.